The smallest absolute Gasteiger partial charge is 0.246 e. The molecule has 0 radical (unpaired) electrons. The van der Waals surface area contributed by atoms with Crippen molar-refractivity contribution in [2.45, 2.75) is 37.8 Å². The number of nitrogens with one attached hydrogen (secondary N) is 2. The Morgan fingerprint density at radius 2 is 1.57 bits per heavy atom. The second-order valence-corrected chi connectivity index (χ2v) is 7.95. The van der Waals surface area contributed by atoms with Crippen molar-refractivity contribution in [3.05, 3.63) is 36.4 Å². The molecule has 2 atom stereocenters. The van der Waals surface area contributed by atoms with E-state index >= 15 is 0 Å². The first-order valence-electron chi connectivity index (χ1n) is 11.3. The lowest BCUT2D eigenvalue weighted by Gasteiger charge is -2.21. The van der Waals surface area contributed by atoms with Gasteiger partial charge in [0.1, 0.15) is 11.8 Å². The Labute approximate surface area is 204 Å². The van der Waals surface area contributed by atoms with Crippen LogP contribution in [0.3, 0.4) is 0 Å². The second-order valence-electron chi connectivity index (χ2n) is 7.95. The van der Waals surface area contributed by atoms with Crippen LogP contribution >= 0.6 is 0 Å². The fraction of sp³-hybridized carbons (Fsp3) is 0.391. The van der Waals surface area contributed by atoms with Crippen LogP contribution in [0, 0.1) is 0 Å². The largest absolute Gasteiger partial charge is 0.496 e. The molecule has 0 saturated carbocycles. The molecule has 35 heavy (non-hydrogen) atoms. The molecule has 0 aliphatic carbocycles. The van der Waals surface area contributed by atoms with E-state index in [-0.39, 0.29) is 11.9 Å². The fourth-order valence-corrected chi connectivity index (χ4v) is 3.45. The van der Waals surface area contributed by atoms with Crippen molar-refractivity contribution in [3.8, 4) is 5.75 Å². The Balaban J connectivity index is 2.11. The number of amides is 2. The van der Waals surface area contributed by atoms with Crippen molar-refractivity contribution in [2.75, 3.05) is 25.5 Å². The van der Waals surface area contributed by atoms with E-state index in [1.54, 1.807) is 13.2 Å². The summed E-state index contributed by atoms with van der Waals surface area (Å²) in [6.07, 6.45) is 1.65. The molecule has 2 amide bonds. The SMILES string of the molecule is COc1cc(NC(=O)[C@@H](CCCN=C(N)N)NC(=O)[C@H](N)CCCN=C(N)N)cc2ccccc12. The van der Waals surface area contributed by atoms with Crippen molar-refractivity contribution < 1.29 is 14.3 Å². The van der Waals surface area contributed by atoms with Gasteiger partial charge in [-0.3, -0.25) is 19.6 Å². The fourth-order valence-electron chi connectivity index (χ4n) is 3.45. The second kappa shape index (κ2) is 13.6. The summed E-state index contributed by atoms with van der Waals surface area (Å²) in [7, 11) is 1.56. The van der Waals surface area contributed by atoms with Gasteiger partial charge >= 0.3 is 0 Å². The number of anilines is 1. The Bertz CT molecular complexity index is 1060. The number of carbonyl (C=O) groups is 2. The molecule has 2 aromatic carbocycles. The molecule has 2 rings (SSSR count). The van der Waals surface area contributed by atoms with Crippen molar-refractivity contribution in [3.63, 3.8) is 0 Å². The predicted molar refractivity (Wildman–Crippen MR) is 139 cm³/mol. The highest BCUT2D eigenvalue weighted by Crippen LogP contribution is 2.29. The minimum atomic E-state index is -0.849. The minimum absolute atomic E-state index is 0.0224. The molecule has 0 bridgehead atoms. The molecule has 0 aromatic heterocycles. The van der Waals surface area contributed by atoms with Gasteiger partial charge in [0, 0.05) is 30.2 Å². The number of methoxy groups -OCH3 is 1. The lowest BCUT2D eigenvalue weighted by molar-refractivity contribution is -0.127. The molecule has 0 spiro atoms. The molecule has 2 aromatic rings. The number of guanidine groups is 2. The van der Waals surface area contributed by atoms with Crippen LogP contribution < -0.4 is 44.0 Å². The molecule has 0 aliphatic heterocycles. The van der Waals surface area contributed by atoms with Gasteiger partial charge in [0.2, 0.25) is 11.8 Å². The number of ether oxygens (including phenoxy) is 1. The quantitative estimate of drug-likeness (QED) is 0.113. The van der Waals surface area contributed by atoms with Gasteiger partial charge < -0.3 is 44.0 Å². The van der Waals surface area contributed by atoms with Crippen molar-refractivity contribution >= 4 is 40.2 Å². The van der Waals surface area contributed by atoms with Gasteiger partial charge in [0.25, 0.3) is 0 Å². The molecule has 0 fully saturated rings. The summed E-state index contributed by atoms with van der Waals surface area (Å²) < 4.78 is 5.47. The number of nitrogens with two attached hydrogens (primary N) is 5. The van der Waals surface area contributed by atoms with Crippen LogP contribution in [0.4, 0.5) is 5.69 Å². The highest BCUT2D eigenvalue weighted by atomic mass is 16.5. The van der Waals surface area contributed by atoms with Crippen LogP contribution in [0.5, 0.6) is 5.75 Å². The van der Waals surface area contributed by atoms with Gasteiger partial charge in [-0.05, 0) is 37.1 Å². The molecule has 0 saturated heterocycles. The van der Waals surface area contributed by atoms with Crippen molar-refractivity contribution in [1.29, 1.82) is 0 Å². The van der Waals surface area contributed by atoms with Gasteiger partial charge in [-0.1, -0.05) is 24.3 Å². The summed E-state index contributed by atoms with van der Waals surface area (Å²) >= 11 is 0. The van der Waals surface area contributed by atoms with E-state index in [0.717, 1.165) is 10.8 Å². The van der Waals surface area contributed by atoms with E-state index in [1.807, 2.05) is 30.3 Å². The zero-order valence-corrected chi connectivity index (χ0v) is 19.9. The summed E-state index contributed by atoms with van der Waals surface area (Å²) in [6.45, 7) is 0.673. The third kappa shape index (κ3) is 9.01. The average molecular weight is 486 g/mol. The van der Waals surface area contributed by atoms with E-state index in [2.05, 4.69) is 20.6 Å². The van der Waals surface area contributed by atoms with E-state index in [9.17, 15) is 9.59 Å². The number of nitrogens with zero attached hydrogens (tertiary/aromatic N) is 2. The van der Waals surface area contributed by atoms with Gasteiger partial charge in [0.15, 0.2) is 11.9 Å². The first kappa shape index (κ1) is 27.2. The maximum absolute atomic E-state index is 13.1. The molecular weight excluding hydrogens is 450 g/mol. The van der Waals surface area contributed by atoms with Crippen molar-refractivity contribution in [2.24, 2.45) is 38.7 Å². The molecule has 0 aliphatic rings. The zero-order valence-electron chi connectivity index (χ0n) is 19.9. The molecule has 12 heteroatoms. The molecule has 0 heterocycles. The van der Waals surface area contributed by atoms with Crippen molar-refractivity contribution in [1.82, 2.24) is 5.32 Å². The number of fused-ring (bicyclic) bond motifs is 1. The molecule has 12 nitrogen and oxygen atoms in total. The number of carbonyl (C=O) groups excluding carboxylic acids is 2. The molecular formula is C23H35N9O3. The van der Waals surface area contributed by atoms with Gasteiger partial charge in [0.05, 0.1) is 13.2 Å². The summed E-state index contributed by atoms with van der Waals surface area (Å²) in [6, 6.07) is 9.55. The zero-order chi connectivity index (χ0) is 25.8. The molecule has 12 N–H and O–H groups in total. The standard InChI is InChI=1S/C23H35N9O3/c1-35-19-13-15(12-14-6-2-3-7-16(14)19)31-21(34)18(9-5-11-30-23(27)28)32-20(33)17(24)8-4-10-29-22(25)26/h2-3,6-7,12-13,17-18H,4-5,8-11,24H2,1H3,(H,31,34)(H,32,33)(H4,25,26,29)(H4,27,28,30)/t17-,18-/m1/s1. The lowest BCUT2D eigenvalue weighted by Crippen LogP contribution is -2.50. The van der Waals surface area contributed by atoms with E-state index < -0.39 is 23.9 Å². The Morgan fingerprint density at radius 1 is 0.943 bits per heavy atom. The number of aliphatic imine (C=N–C) groups is 2. The Kier molecular flexibility index (Phi) is 10.6. The number of rotatable bonds is 13. The molecule has 0 unspecified atom stereocenters. The summed E-state index contributed by atoms with van der Waals surface area (Å²) in [5.41, 5.74) is 27.9. The topological polar surface area (TPSA) is 222 Å². The summed E-state index contributed by atoms with van der Waals surface area (Å²) in [5, 5.41) is 7.42. The van der Waals surface area contributed by atoms with Gasteiger partial charge in [-0.15, -0.1) is 0 Å². The van der Waals surface area contributed by atoms with E-state index in [4.69, 9.17) is 33.4 Å². The number of hydrogen-bond donors (Lipinski definition) is 7. The van der Waals surface area contributed by atoms with Gasteiger partial charge in [-0.2, -0.15) is 0 Å². The van der Waals surface area contributed by atoms with Crippen LogP contribution in [0.1, 0.15) is 25.7 Å². The first-order valence-corrected chi connectivity index (χ1v) is 11.3. The third-order valence-corrected chi connectivity index (χ3v) is 5.19. The number of hydrogen-bond acceptors (Lipinski definition) is 6. The average Bonchev–Trinajstić information content (AvgIpc) is 2.82. The van der Waals surface area contributed by atoms with Crippen LogP contribution in [-0.2, 0) is 9.59 Å². The summed E-state index contributed by atoms with van der Waals surface area (Å²) in [4.78, 5) is 33.6. The predicted octanol–water partition coefficient (Wildman–Crippen LogP) is -0.294. The normalized spacial score (nSPS) is 12.3. The van der Waals surface area contributed by atoms with E-state index in [1.165, 1.54) is 0 Å². The third-order valence-electron chi connectivity index (χ3n) is 5.19. The lowest BCUT2D eigenvalue weighted by atomic mass is 10.1. The van der Waals surface area contributed by atoms with Crippen LogP contribution in [0.15, 0.2) is 46.4 Å². The Hall–Kier alpha value is -4.06. The van der Waals surface area contributed by atoms with Crippen LogP contribution in [0.25, 0.3) is 10.8 Å². The minimum Gasteiger partial charge on any atom is -0.496 e. The number of benzene rings is 2. The van der Waals surface area contributed by atoms with Crippen LogP contribution in [-0.4, -0.2) is 56.0 Å². The van der Waals surface area contributed by atoms with Crippen LogP contribution in [0.2, 0.25) is 0 Å². The highest BCUT2D eigenvalue weighted by molar-refractivity contribution is 6.00. The van der Waals surface area contributed by atoms with Gasteiger partial charge in [-0.25, -0.2) is 0 Å². The first-order chi connectivity index (χ1) is 16.7. The summed E-state index contributed by atoms with van der Waals surface area (Å²) in [5.74, 6) is -0.289. The van der Waals surface area contributed by atoms with E-state index in [0.29, 0.717) is 50.2 Å². The monoisotopic (exact) mass is 485 g/mol. The maximum Gasteiger partial charge on any atom is 0.246 e. The maximum atomic E-state index is 13.1. The molecule has 190 valence electrons. The Morgan fingerprint density at radius 3 is 2.20 bits per heavy atom. The highest BCUT2D eigenvalue weighted by Gasteiger charge is 2.24.